The van der Waals surface area contributed by atoms with Crippen LogP contribution >= 0.6 is 0 Å². The fourth-order valence-electron chi connectivity index (χ4n) is 3.75. The Bertz CT molecular complexity index is 951. The Hall–Kier alpha value is -3.12. The summed E-state index contributed by atoms with van der Waals surface area (Å²) < 4.78 is 10.9. The number of carbonyl (C=O) groups excluding carboxylic acids is 2. The van der Waals surface area contributed by atoms with Crippen LogP contribution in [-0.2, 0) is 20.7 Å². The normalized spacial score (nSPS) is 16.3. The molecule has 1 amide bonds. The first-order valence-electron chi connectivity index (χ1n) is 10.5. The highest BCUT2D eigenvalue weighted by Gasteiger charge is 2.43. The molecule has 3 rings (SSSR count). The molecule has 1 heterocycles. The lowest BCUT2D eigenvalue weighted by Crippen LogP contribution is -2.34. The van der Waals surface area contributed by atoms with Crippen molar-refractivity contribution >= 4 is 11.7 Å². The Morgan fingerprint density at radius 3 is 2.55 bits per heavy atom. The fourth-order valence-corrected chi connectivity index (χ4v) is 3.75. The van der Waals surface area contributed by atoms with E-state index in [1.165, 1.54) is 4.90 Å². The second kappa shape index (κ2) is 10.3. The van der Waals surface area contributed by atoms with Crippen LogP contribution in [0.4, 0.5) is 0 Å². The maximum absolute atomic E-state index is 13.2. The first kappa shape index (κ1) is 22.6. The molecular weight excluding hydrogens is 394 g/mol. The molecule has 0 aromatic heterocycles. The number of methoxy groups -OCH3 is 1. The zero-order valence-electron chi connectivity index (χ0n) is 18.2. The van der Waals surface area contributed by atoms with Gasteiger partial charge in [0.15, 0.2) is 11.5 Å². The molecule has 0 aliphatic carbocycles. The van der Waals surface area contributed by atoms with Gasteiger partial charge in [-0.25, -0.2) is 0 Å². The zero-order chi connectivity index (χ0) is 22.4. The van der Waals surface area contributed by atoms with Crippen molar-refractivity contribution in [2.24, 2.45) is 0 Å². The van der Waals surface area contributed by atoms with Gasteiger partial charge in [0.05, 0.1) is 31.4 Å². The fraction of sp³-hybridized carbons (Fsp3) is 0.360. The minimum atomic E-state index is -0.679. The third-order valence-electron chi connectivity index (χ3n) is 5.28. The van der Waals surface area contributed by atoms with Gasteiger partial charge in [-0.15, -0.1) is 0 Å². The molecule has 31 heavy (non-hydrogen) atoms. The van der Waals surface area contributed by atoms with E-state index in [1.807, 2.05) is 56.3 Å². The number of aliphatic hydroxyl groups is 1. The lowest BCUT2D eigenvalue weighted by atomic mass is 9.93. The van der Waals surface area contributed by atoms with E-state index in [9.17, 15) is 14.7 Å². The monoisotopic (exact) mass is 423 g/mol. The summed E-state index contributed by atoms with van der Waals surface area (Å²) >= 11 is 0. The summed E-state index contributed by atoms with van der Waals surface area (Å²) in [5, 5.41) is 10.7. The third kappa shape index (κ3) is 5.33. The number of aryl methyl sites for hydroxylation is 1. The molecule has 2 aromatic carbocycles. The van der Waals surface area contributed by atoms with Gasteiger partial charge in [0.25, 0.3) is 5.91 Å². The van der Waals surface area contributed by atoms with Crippen molar-refractivity contribution in [2.45, 2.75) is 38.8 Å². The van der Waals surface area contributed by atoms with E-state index < -0.39 is 17.7 Å². The topological polar surface area (TPSA) is 76.1 Å². The molecule has 164 valence electrons. The van der Waals surface area contributed by atoms with Crippen LogP contribution in [0.15, 0.2) is 65.9 Å². The van der Waals surface area contributed by atoms with Crippen LogP contribution in [0, 0.1) is 0 Å². The second-order valence-electron chi connectivity index (χ2n) is 7.77. The highest BCUT2D eigenvalue weighted by molar-refractivity contribution is 6.09. The van der Waals surface area contributed by atoms with Crippen LogP contribution in [-0.4, -0.2) is 48.1 Å². The average Bonchev–Trinajstić information content (AvgIpc) is 3.03. The molecular formula is C25H29NO5. The summed E-state index contributed by atoms with van der Waals surface area (Å²) in [4.78, 5) is 27.6. The smallest absolute Gasteiger partial charge is 0.290 e. The van der Waals surface area contributed by atoms with Crippen LogP contribution in [0.5, 0.6) is 5.75 Å². The molecule has 6 heteroatoms. The maximum atomic E-state index is 13.2. The predicted molar refractivity (Wildman–Crippen MR) is 118 cm³/mol. The lowest BCUT2D eigenvalue weighted by molar-refractivity contribution is -0.130. The number of carbonyl (C=O) groups is 2. The number of aliphatic hydroxyl groups excluding tert-OH is 1. The van der Waals surface area contributed by atoms with E-state index >= 15 is 0 Å². The van der Waals surface area contributed by atoms with Gasteiger partial charge in [-0.2, -0.15) is 0 Å². The van der Waals surface area contributed by atoms with Gasteiger partial charge in [0.2, 0.25) is 0 Å². The zero-order valence-corrected chi connectivity index (χ0v) is 18.2. The average molecular weight is 424 g/mol. The number of hydrogen-bond acceptors (Lipinski definition) is 5. The van der Waals surface area contributed by atoms with E-state index in [2.05, 4.69) is 0 Å². The summed E-state index contributed by atoms with van der Waals surface area (Å²) in [5.74, 6) is -0.653. The quantitative estimate of drug-likeness (QED) is 0.625. The highest BCUT2D eigenvalue weighted by Crippen LogP contribution is 2.39. The van der Waals surface area contributed by atoms with Crippen LogP contribution in [0.25, 0.3) is 0 Å². The lowest BCUT2D eigenvalue weighted by Gasteiger charge is -2.27. The van der Waals surface area contributed by atoms with E-state index in [4.69, 9.17) is 9.47 Å². The summed E-state index contributed by atoms with van der Waals surface area (Å²) in [5.41, 5.74) is 1.88. The van der Waals surface area contributed by atoms with Crippen molar-refractivity contribution < 1.29 is 24.2 Å². The Balaban J connectivity index is 1.89. The molecule has 1 aliphatic rings. The molecule has 0 bridgehead atoms. The van der Waals surface area contributed by atoms with Gasteiger partial charge >= 0.3 is 0 Å². The molecule has 1 aliphatic heterocycles. The van der Waals surface area contributed by atoms with E-state index in [0.29, 0.717) is 24.3 Å². The van der Waals surface area contributed by atoms with Crippen LogP contribution < -0.4 is 4.74 Å². The van der Waals surface area contributed by atoms with Crippen molar-refractivity contribution in [1.29, 1.82) is 0 Å². The molecule has 0 radical (unpaired) electrons. The van der Waals surface area contributed by atoms with Gasteiger partial charge in [0, 0.05) is 13.0 Å². The van der Waals surface area contributed by atoms with E-state index in [1.54, 1.807) is 19.2 Å². The summed E-state index contributed by atoms with van der Waals surface area (Å²) in [7, 11) is 1.56. The Morgan fingerprint density at radius 1 is 1.13 bits per heavy atom. The van der Waals surface area contributed by atoms with Gasteiger partial charge < -0.3 is 19.5 Å². The van der Waals surface area contributed by atoms with Gasteiger partial charge in [-0.05, 0) is 43.5 Å². The first-order chi connectivity index (χ1) is 14.9. The van der Waals surface area contributed by atoms with E-state index in [0.717, 1.165) is 5.56 Å². The minimum Gasteiger partial charge on any atom is -0.503 e. The number of rotatable bonds is 10. The largest absolute Gasteiger partial charge is 0.503 e. The third-order valence-corrected chi connectivity index (χ3v) is 5.28. The van der Waals surface area contributed by atoms with Crippen LogP contribution in [0.2, 0.25) is 0 Å². The van der Waals surface area contributed by atoms with Crippen molar-refractivity contribution in [1.82, 2.24) is 4.90 Å². The Morgan fingerprint density at radius 2 is 1.87 bits per heavy atom. The molecule has 2 aromatic rings. The van der Waals surface area contributed by atoms with E-state index in [-0.39, 0.29) is 30.4 Å². The molecule has 0 fully saturated rings. The van der Waals surface area contributed by atoms with Crippen LogP contribution in [0.3, 0.4) is 0 Å². The standard InChI is InChI=1S/C25H29NO5/c1-17(2)31-15-14-26-23(19-10-7-11-20(16-19)30-3)22(24(28)25(26)29)21(27)13-12-18-8-5-4-6-9-18/h4-11,16-17,23,28H,12-15H2,1-3H3. The molecule has 6 nitrogen and oxygen atoms in total. The van der Waals surface area contributed by atoms with Crippen molar-refractivity contribution in [3.05, 3.63) is 77.1 Å². The molecule has 0 saturated heterocycles. The van der Waals surface area contributed by atoms with Gasteiger partial charge in [-0.1, -0.05) is 42.5 Å². The number of ketones is 1. The number of ether oxygens (including phenoxy) is 2. The molecule has 1 N–H and O–H groups in total. The van der Waals surface area contributed by atoms with Crippen molar-refractivity contribution in [3.63, 3.8) is 0 Å². The molecule has 1 unspecified atom stereocenters. The minimum absolute atomic E-state index is 0.0153. The summed E-state index contributed by atoms with van der Waals surface area (Å²) in [6, 6.07) is 16.2. The Kier molecular flexibility index (Phi) is 7.47. The number of Topliss-reactive ketones (excluding diaryl/α,β-unsaturated/α-hetero) is 1. The SMILES string of the molecule is COc1cccc(C2C(C(=O)CCc3ccccc3)=C(O)C(=O)N2CCOC(C)C)c1. The maximum Gasteiger partial charge on any atom is 0.290 e. The van der Waals surface area contributed by atoms with Crippen molar-refractivity contribution in [2.75, 3.05) is 20.3 Å². The summed E-state index contributed by atoms with van der Waals surface area (Å²) in [6.45, 7) is 4.40. The van der Waals surface area contributed by atoms with Crippen LogP contribution in [0.1, 0.15) is 37.4 Å². The molecule has 0 saturated carbocycles. The highest BCUT2D eigenvalue weighted by atomic mass is 16.5. The number of benzene rings is 2. The van der Waals surface area contributed by atoms with Gasteiger partial charge in [-0.3, -0.25) is 9.59 Å². The predicted octanol–water partition coefficient (Wildman–Crippen LogP) is 4.02. The number of amides is 1. The molecule has 0 spiro atoms. The van der Waals surface area contributed by atoms with Crippen molar-refractivity contribution in [3.8, 4) is 5.75 Å². The number of nitrogens with zero attached hydrogens (tertiary/aromatic N) is 1. The first-order valence-corrected chi connectivity index (χ1v) is 10.5. The number of hydrogen-bond donors (Lipinski definition) is 1. The molecule has 1 atom stereocenters. The van der Waals surface area contributed by atoms with Gasteiger partial charge in [0.1, 0.15) is 5.75 Å². The summed E-state index contributed by atoms with van der Waals surface area (Å²) in [6.07, 6.45) is 0.751. The second-order valence-corrected chi connectivity index (χ2v) is 7.77. The Labute approximate surface area is 183 Å².